The monoisotopic (exact) mass is 376 g/mol. The maximum Gasteiger partial charge on any atom is 0.162 e. The van der Waals surface area contributed by atoms with E-state index in [1.165, 1.54) is 0 Å². The molecule has 0 heterocycles. The molecular weight excluding hydrogens is 340 g/mol. The zero-order valence-electron chi connectivity index (χ0n) is 17.2. The normalized spacial score (nSPS) is 49.3. The van der Waals surface area contributed by atoms with E-state index in [2.05, 4.69) is 13.8 Å². The van der Waals surface area contributed by atoms with Crippen molar-refractivity contribution < 1.29 is 19.4 Å². The summed E-state index contributed by atoms with van der Waals surface area (Å²) in [6.45, 7) is 7.22. The van der Waals surface area contributed by atoms with Gasteiger partial charge in [-0.15, -0.1) is 0 Å². The lowest BCUT2D eigenvalue weighted by atomic mass is 9.44. The summed E-state index contributed by atoms with van der Waals surface area (Å²) in [6, 6.07) is 0. The first-order valence-electron chi connectivity index (χ1n) is 11.1. The molecule has 4 aliphatic rings. The highest BCUT2D eigenvalue weighted by molar-refractivity contribution is 5.88. The first-order chi connectivity index (χ1) is 12.8. The van der Waals surface area contributed by atoms with Gasteiger partial charge in [0.1, 0.15) is 12.4 Å². The zero-order chi connectivity index (χ0) is 19.4. The van der Waals surface area contributed by atoms with Crippen LogP contribution in [0.5, 0.6) is 0 Å². The molecule has 0 aliphatic heterocycles. The number of rotatable bonds is 4. The first-order valence-corrected chi connectivity index (χ1v) is 11.1. The summed E-state index contributed by atoms with van der Waals surface area (Å²) in [5, 5.41) is 10.1. The van der Waals surface area contributed by atoms with Crippen molar-refractivity contribution >= 4 is 11.6 Å². The molecule has 0 spiro atoms. The number of hydrogen-bond donors (Lipinski definition) is 1. The van der Waals surface area contributed by atoms with E-state index in [0.717, 1.165) is 44.9 Å². The second-order valence-corrected chi connectivity index (χ2v) is 10.3. The van der Waals surface area contributed by atoms with Gasteiger partial charge in [-0.2, -0.15) is 0 Å². The third-order valence-corrected chi connectivity index (χ3v) is 9.16. The highest BCUT2D eigenvalue weighted by Crippen LogP contribution is 2.66. The maximum absolute atomic E-state index is 13.5. The van der Waals surface area contributed by atoms with E-state index in [1.54, 1.807) is 0 Å². The Bertz CT molecular complexity index is 615. The second kappa shape index (κ2) is 6.95. The summed E-state index contributed by atoms with van der Waals surface area (Å²) in [7, 11) is 0. The summed E-state index contributed by atoms with van der Waals surface area (Å²) in [5.74, 6) is 2.12. The van der Waals surface area contributed by atoms with Crippen LogP contribution >= 0.6 is 0 Å². The van der Waals surface area contributed by atoms with E-state index < -0.39 is 0 Å². The quantitative estimate of drug-likeness (QED) is 0.811. The Balaban J connectivity index is 1.60. The molecule has 0 aromatic heterocycles. The van der Waals surface area contributed by atoms with Gasteiger partial charge in [0.15, 0.2) is 5.78 Å². The van der Waals surface area contributed by atoms with Crippen molar-refractivity contribution in [1.82, 2.24) is 0 Å². The molecule has 0 amide bonds. The van der Waals surface area contributed by atoms with E-state index in [4.69, 9.17) is 4.74 Å². The minimum atomic E-state index is -0.185. The van der Waals surface area contributed by atoms with E-state index in [1.807, 2.05) is 6.92 Å². The number of carbonyl (C=O) groups excluding carboxylic acids is 2. The molecule has 0 radical (unpaired) electrons. The molecule has 4 rings (SSSR count). The fourth-order valence-electron chi connectivity index (χ4n) is 7.88. The van der Waals surface area contributed by atoms with Crippen molar-refractivity contribution in [1.29, 1.82) is 0 Å². The number of fused-ring (bicyclic) bond motifs is 5. The average Bonchev–Trinajstić information content (AvgIpc) is 2.96. The molecule has 4 heteroatoms. The van der Waals surface area contributed by atoms with Gasteiger partial charge in [-0.1, -0.05) is 13.8 Å². The Hall–Kier alpha value is -0.740. The summed E-state index contributed by atoms with van der Waals surface area (Å²) in [4.78, 5) is 26.3. The Labute approximate surface area is 163 Å². The van der Waals surface area contributed by atoms with Gasteiger partial charge >= 0.3 is 0 Å². The molecule has 4 fully saturated rings. The van der Waals surface area contributed by atoms with Crippen LogP contribution in [-0.2, 0) is 14.3 Å². The number of aliphatic hydroxyl groups excluding tert-OH is 1. The third-order valence-electron chi connectivity index (χ3n) is 9.16. The zero-order valence-corrected chi connectivity index (χ0v) is 17.2. The number of ketones is 2. The summed E-state index contributed by atoms with van der Waals surface area (Å²) in [6.07, 6.45) is 7.27. The van der Waals surface area contributed by atoms with Crippen molar-refractivity contribution in [3.8, 4) is 0 Å². The van der Waals surface area contributed by atoms with Crippen LogP contribution in [0.15, 0.2) is 0 Å². The lowest BCUT2D eigenvalue weighted by Crippen LogP contribution is -2.58. The molecule has 0 saturated heterocycles. The van der Waals surface area contributed by atoms with Gasteiger partial charge in [-0.05, 0) is 80.5 Å². The Morgan fingerprint density at radius 3 is 2.67 bits per heavy atom. The van der Waals surface area contributed by atoms with Crippen molar-refractivity contribution in [2.24, 2.45) is 40.4 Å². The lowest BCUT2D eigenvalue weighted by molar-refractivity contribution is -0.162. The van der Waals surface area contributed by atoms with Gasteiger partial charge in [-0.25, -0.2) is 0 Å². The number of hydrogen-bond acceptors (Lipinski definition) is 4. The van der Waals surface area contributed by atoms with Gasteiger partial charge in [0.2, 0.25) is 0 Å². The SMILES string of the molecule is CCOCC(=O)[C@H]1CC[C@H]2[C@@H]3CC[C@H]4C[C@H](O)CC[C@]4(C)[C@H]3C(=O)C[C@]12C. The molecule has 8 atom stereocenters. The Kier molecular flexibility index (Phi) is 5.04. The molecule has 0 bridgehead atoms. The van der Waals surface area contributed by atoms with Gasteiger partial charge < -0.3 is 9.84 Å². The van der Waals surface area contributed by atoms with Crippen LogP contribution in [0.1, 0.15) is 72.1 Å². The van der Waals surface area contributed by atoms with Crippen LogP contribution in [0.2, 0.25) is 0 Å². The van der Waals surface area contributed by atoms with E-state index >= 15 is 0 Å². The molecule has 152 valence electrons. The number of aliphatic hydroxyl groups is 1. The summed E-state index contributed by atoms with van der Waals surface area (Å²) >= 11 is 0. The van der Waals surface area contributed by atoms with Crippen LogP contribution < -0.4 is 0 Å². The second-order valence-electron chi connectivity index (χ2n) is 10.3. The van der Waals surface area contributed by atoms with Crippen molar-refractivity contribution in [2.75, 3.05) is 13.2 Å². The predicted octanol–water partition coefficient (Wildman–Crippen LogP) is 3.79. The molecule has 0 aromatic rings. The van der Waals surface area contributed by atoms with E-state index in [-0.39, 0.29) is 41.2 Å². The summed E-state index contributed by atoms with van der Waals surface area (Å²) in [5.41, 5.74) is -0.127. The number of carbonyl (C=O) groups is 2. The lowest BCUT2D eigenvalue weighted by Gasteiger charge is -2.59. The first kappa shape index (κ1) is 19.6. The molecule has 4 saturated carbocycles. The molecule has 0 unspecified atom stereocenters. The average molecular weight is 377 g/mol. The minimum absolute atomic E-state index is 0.0161. The van der Waals surface area contributed by atoms with Crippen LogP contribution in [-0.4, -0.2) is 36.0 Å². The van der Waals surface area contributed by atoms with Crippen molar-refractivity contribution in [3.05, 3.63) is 0 Å². The highest BCUT2D eigenvalue weighted by Gasteiger charge is 2.63. The van der Waals surface area contributed by atoms with Crippen LogP contribution in [0.3, 0.4) is 0 Å². The predicted molar refractivity (Wildman–Crippen MR) is 103 cm³/mol. The maximum atomic E-state index is 13.5. The van der Waals surface area contributed by atoms with Gasteiger partial charge in [0.25, 0.3) is 0 Å². The Morgan fingerprint density at radius 1 is 1.15 bits per heavy atom. The standard InChI is InChI=1S/C23H36O4/c1-4-27-13-20(26)18-8-7-17-16-6-5-14-11-15(24)9-10-22(14,2)21(16)19(25)12-23(17,18)3/h14-18,21,24H,4-13H2,1-3H3/t14-,15+,16-,17-,18+,21+,22-,23-/m0/s1. The van der Waals surface area contributed by atoms with Crippen molar-refractivity contribution in [3.63, 3.8) is 0 Å². The van der Waals surface area contributed by atoms with Gasteiger partial charge in [-0.3, -0.25) is 9.59 Å². The fourth-order valence-corrected chi connectivity index (χ4v) is 7.88. The molecule has 27 heavy (non-hydrogen) atoms. The fraction of sp³-hybridized carbons (Fsp3) is 0.913. The van der Waals surface area contributed by atoms with Crippen LogP contribution in [0.4, 0.5) is 0 Å². The van der Waals surface area contributed by atoms with E-state index in [9.17, 15) is 14.7 Å². The molecule has 4 nitrogen and oxygen atoms in total. The topological polar surface area (TPSA) is 63.6 Å². The number of ether oxygens (including phenoxy) is 1. The molecule has 1 N–H and O–H groups in total. The number of Topliss-reactive ketones (excluding diaryl/α,β-unsaturated/α-hetero) is 2. The van der Waals surface area contributed by atoms with Crippen LogP contribution in [0, 0.1) is 40.4 Å². The van der Waals surface area contributed by atoms with E-state index in [0.29, 0.717) is 36.6 Å². The molecular formula is C23H36O4. The largest absolute Gasteiger partial charge is 0.393 e. The van der Waals surface area contributed by atoms with Gasteiger partial charge in [0, 0.05) is 24.9 Å². The smallest absolute Gasteiger partial charge is 0.162 e. The van der Waals surface area contributed by atoms with Crippen LogP contribution in [0.25, 0.3) is 0 Å². The van der Waals surface area contributed by atoms with Crippen molar-refractivity contribution in [2.45, 2.75) is 78.2 Å². The third kappa shape index (κ3) is 2.93. The summed E-state index contributed by atoms with van der Waals surface area (Å²) < 4.78 is 5.40. The highest BCUT2D eigenvalue weighted by atomic mass is 16.5. The Morgan fingerprint density at radius 2 is 1.93 bits per heavy atom. The molecule has 4 aliphatic carbocycles. The molecule has 0 aromatic carbocycles. The minimum Gasteiger partial charge on any atom is -0.393 e. The van der Waals surface area contributed by atoms with Gasteiger partial charge in [0.05, 0.1) is 6.10 Å².